The van der Waals surface area contributed by atoms with E-state index in [9.17, 15) is 9.90 Å². The molecule has 0 saturated carbocycles. The molecule has 0 aliphatic heterocycles. The third-order valence-electron chi connectivity index (χ3n) is 2.31. The van der Waals surface area contributed by atoms with E-state index in [2.05, 4.69) is 13.8 Å². The molecule has 0 amide bonds. The standard InChI is InChI=1S/C11H12O2/c1-6(2)5-8-9(12)4-3-7-10(8)11(7)13/h3-4,6,12H,5H2,1-2H3. The van der Waals surface area contributed by atoms with Crippen molar-refractivity contribution in [3.63, 3.8) is 0 Å². The molecule has 0 atom stereocenters. The topological polar surface area (TPSA) is 37.3 Å². The monoisotopic (exact) mass is 176 g/mol. The molecule has 0 saturated heterocycles. The van der Waals surface area contributed by atoms with E-state index in [0.29, 0.717) is 5.92 Å². The van der Waals surface area contributed by atoms with Crippen molar-refractivity contribution < 1.29 is 5.11 Å². The average molecular weight is 176 g/mol. The molecular weight excluding hydrogens is 164 g/mol. The number of benzene rings is 1. The summed E-state index contributed by atoms with van der Waals surface area (Å²) in [7, 11) is 0. The van der Waals surface area contributed by atoms with Crippen molar-refractivity contribution in [3.8, 4) is 5.75 Å². The van der Waals surface area contributed by atoms with Crippen LogP contribution in [0, 0.1) is 5.92 Å². The van der Waals surface area contributed by atoms with Crippen LogP contribution in [0.2, 0.25) is 0 Å². The van der Waals surface area contributed by atoms with Gasteiger partial charge in [0.15, 0.2) is 5.43 Å². The fourth-order valence-electron chi connectivity index (χ4n) is 1.65. The lowest BCUT2D eigenvalue weighted by atomic mass is 10.0. The predicted octanol–water partition coefficient (Wildman–Crippen LogP) is 1.98. The maximum atomic E-state index is 11.2. The van der Waals surface area contributed by atoms with Crippen LogP contribution in [-0.2, 0) is 6.42 Å². The van der Waals surface area contributed by atoms with Gasteiger partial charge in [-0.25, -0.2) is 0 Å². The summed E-state index contributed by atoms with van der Waals surface area (Å²) >= 11 is 0. The van der Waals surface area contributed by atoms with Crippen LogP contribution in [0.15, 0.2) is 16.9 Å². The molecule has 0 fully saturated rings. The first-order valence-corrected chi connectivity index (χ1v) is 4.50. The third kappa shape index (κ3) is 1.22. The zero-order chi connectivity index (χ0) is 9.59. The van der Waals surface area contributed by atoms with E-state index < -0.39 is 0 Å². The largest absolute Gasteiger partial charge is 0.508 e. The molecule has 13 heavy (non-hydrogen) atoms. The Balaban J connectivity index is 2.51. The molecule has 0 unspecified atom stereocenters. The van der Waals surface area contributed by atoms with Crippen LogP contribution in [0.5, 0.6) is 5.75 Å². The van der Waals surface area contributed by atoms with Crippen LogP contribution in [0.25, 0.3) is 10.8 Å². The average Bonchev–Trinajstić information content (AvgIpc) is 2.68. The zero-order valence-corrected chi connectivity index (χ0v) is 7.79. The number of hydrogen-bond donors (Lipinski definition) is 1. The van der Waals surface area contributed by atoms with Gasteiger partial charge in [0.25, 0.3) is 0 Å². The zero-order valence-electron chi connectivity index (χ0n) is 7.79. The number of phenols is 1. The van der Waals surface area contributed by atoms with Crippen LogP contribution in [0.3, 0.4) is 0 Å². The fourth-order valence-corrected chi connectivity index (χ4v) is 1.65. The lowest BCUT2D eigenvalue weighted by molar-refractivity contribution is 0.464. The summed E-state index contributed by atoms with van der Waals surface area (Å²) < 4.78 is 0. The Morgan fingerprint density at radius 3 is 2.69 bits per heavy atom. The molecular formula is C11H12O2. The lowest BCUT2D eigenvalue weighted by Gasteiger charge is -2.05. The number of phenolic OH excluding ortho intramolecular Hbond substituents is 1. The van der Waals surface area contributed by atoms with E-state index in [4.69, 9.17) is 0 Å². The van der Waals surface area contributed by atoms with E-state index in [1.54, 1.807) is 12.1 Å². The van der Waals surface area contributed by atoms with Crippen molar-refractivity contribution in [1.29, 1.82) is 0 Å². The first-order chi connectivity index (χ1) is 6.11. The van der Waals surface area contributed by atoms with Crippen LogP contribution < -0.4 is 5.43 Å². The molecule has 0 spiro atoms. The second-order valence-corrected chi connectivity index (χ2v) is 3.91. The number of fused-ring (bicyclic) bond motifs is 1. The minimum atomic E-state index is 0.107. The van der Waals surface area contributed by atoms with Crippen molar-refractivity contribution in [3.05, 3.63) is 27.9 Å². The molecule has 2 nitrogen and oxygen atoms in total. The maximum Gasteiger partial charge on any atom is 0.194 e. The summed E-state index contributed by atoms with van der Waals surface area (Å²) in [5.41, 5.74) is 0.938. The Hall–Kier alpha value is -1.31. The lowest BCUT2D eigenvalue weighted by Crippen LogP contribution is -1.94. The van der Waals surface area contributed by atoms with Crippen molar-refractivity contribution in [2.24, 2.45) is 5.92 Å². The Bertz CT molecular complexity index is 459. The van der Waals surface area contributed by atoms with Crippen LogP contribution in [0.1, 0.15) is 19.4 Å². The first kappa shape index (κ1) is 8.30. The van der Waals surface area contributed by atoms with E-state index in [-0.39, 0.29) is 11.2 Å². The highest BCUT2D eigenvalue weighted by Crippen LogP contribution is 2.30. The number of aromatic hydroxyl groups is 1. The quantitative estimate of drug-likeness (QED) is 0.759. The second-order valence-electron chi connectivity index (χ2n) is 3.91. The predicted molar refractivity (Wildman–Crippen MR) is 52.8 cm³/mol. The van der Waals surface area contributed by atoms with Crippen LogP contribution in [0.4, 0.5) is 0 Å². The molecule has 2 aromatic carbocycles. The van der Waals surface area contributed by atoms with Crippen LogP contribution >= 0.6 is 0 Å². The first-order valence-electron chi connectivity index (χ1n) is 4.50. The molecule has 0 aromatic heterocycles. The molecule has 0 aliphatic carbocycles. The van der Waals surface area contributed by atoms with Gasteiger partial charge in [0.05, 0.1) is 0 Å². The van der Waals surface area contributed by atoms with Gasteiger partial charge in [0, 0.05) is 16.3 Å². The minimum Gasteiger partial charge on any atom is -0.508 e. The highest BCUT2D eigenvalue weighted by Gasteiger charge is 2.19. The SMILES string of the molecule is CC(C)Cc1c(O)ccc2c(=O)c12. The van der Waals surface area contributed by atoms with Crippen molar-refractivity contribution in [2.75, 3.05) is 0 Å². The smallest absolute Gasteiger partial charge is 0.194 e. The molecule has 1 N–H and O–H groups in total. The molecule has 0 aliphatic rings. The van der Waals surface area contributed by atoms with Crippen molar-refractivity contribution in [1.82, 2.24) is 0 Å². The Morgan fingerprint density at radius 1 is 1.38 bits per heavy atom. The molecule has 0 bridgehead atoms. The van der Waals surface area contributed by atoms with Crippen molar-refractivity contribution in [2.45, 2.75) is 20.3 Å². The normalized spacial score (nSPS) is 11.9. The van der Waals surface area contributed by atoms with Crippen LogP contribution in [-0.4, -0.2) is 5.11 Å². The van der Waals surface area contributed by atoms with Gasteiger partial charge in [0.2, 0.25) is 0 Å². The minimum absolute atomic E-state index is 0.107. The molecule has 0 radical (unpaired) electrons. The summed E-state index contributed by atoms with van der Waals surface area (Å²) in [5.74, 6) is 0.726. The van der Waals surface area contributed by atoms with Gasteiger partial charge >= 0.3 is 0 Å². The number of rotatable bonds is 2. The van der Waals surface area contributed by atoms with E-state index in [1.807, 2.05) is 0 Å². The molecule has 0 heterocycles. The third-order valence-corrected chi connectivity index (χ3v) is 2.31. The molecule has 68 valence electrons. The summed E-state index contributed by atoms with van der Waals surface area (Å²) in [6.45, 7) is 4.15. The van der Waals surface area contributed by atoms with Crippen molar-refractivity contribution >= 4 is 10.8 Å². The molecule has 2 aromatic rings. The summed E-state index contributed by atoms with van der Waals surface area (Å²) in [6, 6.07) is 3.30. The van der Waals surface area contributed by atoms with Gasteiger partial charge < -0.3 is 5.11 Å². The van der Waals surface area contributed by atoms with Gasteiger partial charge in [-0.05, 0) is 24.5 Å². The molecule has 2 heteroatoms. The Labute approximate surface area is 76.5 Å². The Kier molecular flexibility index (Phi) is 1.65. The van der Waals surface area contributed by atoms with Gasteiger partial charge in [-0.1, -0.05) is 13.8 Å². The van der Waals surface area contributed by atoms with E-state index >= 15 is 0 Å². The number of hydrogen-bond acceptors (Lipinski definition) is 2. The van der Waals surface area contributed by atoms with Gasteiger partial charge in [-0.15, -0.1) is 0 Å². The fraction of sp³-hybridized carbons (Fsp3) is 0.364. The van der Waals surface area contributed by atoms with E-state index in [1.165, 1.54) is 0 Å². The molecule has 2 rings (SSSR count). The summed E-state index contributed by atoms with van der Waals surface area (Å²) in [6.07, 6.45) is 0.779. The van der Waals surface area contributed by atoms with Gasteiger partial charge in [-0.3, -0.25) is 4.79 Å². The second kappa shape index (κ2) is 2.59. The van der Waals surface area contributed by atoms with Gasteiger partial charge in [0.1, 0.15) is 5.75 Å². The maximum absolute atomic E-state index is 11.2. The Morgan fingerprint density at radius 2 is 2.08 bits per heavy atom. The summed E-state index contributed by atoms with van der Waals surface area (Å²) in [4.78, 5) is 11.2. The van der Waals surface area contributed by atoms with Gasteiger partial charge in [-0.2, -0.15) is 0 Å². The highest BCUT2D eigenvalue weighted by atomic mass is 16.3. The summed E-state index contributed by atoms with van der Waals surface area (Å²) in [5, 5.41) is 11.1. The highest BCUT2D eigenvalue weighted by molar-refractivity contribution is 6.01. The van der Waals surface area contributed by atoms with E-state index in [0.717, 1.165) is 22.8 Å².